The van der Waals surface area contributed by atoms with E-state index >= 15 is 0 Å². The van der Waals surface area contributed by atoms with Gasteiger partial charge in [0.1, 0.15) is 0 Å². The van der Waals surface area contributed by atoms with Gasteiger partial charge < -0.3 is 25.5 Å². The molecule has 0 unspecified atom stereocenters. The number of carboxylic acid groups (broad SMARTS) is 1. The number of amides is 2. The van der Waals surface area contributed by atoms with Crippen LogP contribution in [-0.2, 0) is 4.79 Å². The molecule has 19 heavy (non-hydrogen) atoms. The highest BCUT2D eigenvalue weighted by Gasteiger charge is 2.21. The van der Waals surface area contributed by atoms with Crippen molar-refractivity contribution in [3.63, 3.8) is 0 Å². The molecule has 2 amide bonds. The number of hydrogen-bond acceptors (Lipinski definition) is 4. The Kier molecular flexibility index (Phi) is 8.90. The molecule has 1 heterocycles. The number of likely N-dealkylation sites (N-methyl/N-ethyl adjacent to an activating group) is 1. The summed E-state index contributed by atoms with van der Waals surface area (Å²) < 4.78 is 0. The molecule has 0 atom stereocenters. The number of piperazine rings is 1. The van der Waals surface area contributed by atoms with Crippen LogP contribution in [0.1, 0.15) is 13.8 Å². The van der Waals surface area contributed by atoms with Crippen LogP contribution < -0.4 is 5.73 Å². The monoisotopic (exact) mass is 274 g/mol. The highest BCUT2D eigenvalue weighted by atomic mass is 16.4. The Balaban J connectivity index is 0.000000555. The zero-order chi connectivity index (χ0) is 14.8. The van der Waals surface area contributed by atoms with E-state index in [0.717, 1.165) is 39.3 Å². The number of aliphatic carboxylic acids is 1. The van der Waals surface area contributed by atoms with E-state index in [0.29, 0.717) is 0 Å². The first-order chi connectivity index (χ1) is 8.96. The van der Waals surface area contributed by atoms with Gasteiger partial charge in [-0.1, -0.05) is 0 Å². The molecule has 0 spiro atoms. The van der Waals surface area contributed by atoms with Crippen molar-refractivity contribution in [2.75, 3.05) is 52.9 Å². The van der Waals surface area contributed by atoms with Crippen molar-refractivity contribution in [2.45, 2.75) is 13.8 Å². The molecule has 0 aliphatic carbocycles. The van der Waals surface area contributed by atoms with Crippen LogP contribution in [0.3, 0.4) is 0 Å². The topological polar surface area (TPSA) is 90.1 Å². The van der Waals surface area contributed by atoms with Crippen molar-refractivity contribution in [3.8, 4) is 0 Å². The lowest BCUT2D eigenvalue weighted by atomic mass is 10.3. The summed E-state index contributed by atoms with van der Waals surface area (Å²) in [5.74, 6) is -0.968. The molecule has 1 saturated heterocycles. The summed E-state index contributed by atoms with van der Waals surface area (Å²) in [6.45, 7) is 9.11. The van der Waals surface area contributed by atoms with E-state index in [1.165, 1.54) is 0 Å². The summed E-state index contributed by atoms with van der Waals surface area (Å²) in [6.07, 6.45) is 0. The maximum absolute atomic E-state index is 11.9. The van der Waals surface area contributed by atoms with Gasteiger partial charge in [0.15, 0.2) is 0 Å². The van der Waals surface area contributed by atoms with Crippen molar-refractivity contribution in [1.82, 2.24) is 14.7 Å². The SMILES string of the molecule is CCN(CC)C(=O)N1CCN(C)CC1.NCC(=O)O. The molecule has 7 heteroatoms. The van der Waals surface area contributed by atoms with Gasteiger partial charge >= 0.3 is 12.0 Å². The van der Waals surface area contributed by atoms with Gasteiger partial charge in [-0.2, -0.15) is 0 Å². The highest BCUT2D eigenvalue weighted by molar-refractivity contribution is 5.74. The minimum atomic E-state index is -0.968. The van der Waals surface area contributed by atoms with Gasteiger partial charge in [-0.3, -0.25) is 4.79 Å². The minimum Gasteiger partial charge on any atom is -0.480 e. The first-order valence-electron chi connectivity index (χ1n) is 6.60. The quantitative estimate of drug-likeness (QED) is 0.739. The molecule has 1 aliphatic heterocycles. The third-order valence-corrected chi connectivity index (χ3v) is 2.98. The molecular formula is C12H26N4O3. The van der Waals surface area contributed by atoms with Crippen LogP contribution in [0.15, 0.2) is 0 Å². The zero-order valence-electron chi connectivity index (χ0n) is 12.1. The number of rotatable bonds is 3. The Bertz CT molecular complexity index is 274. The summed E-state index contributed by atoms with van der Waals surface area (Å²) in [7, 11) is 2.10. The van der Waals surface area contributed by atoms with Crippen LogP contribution >= 0.6 is 0 Å². The Morgan fingerprint density at radius 1 is 1.16 bits per heavy atom. The number of carbonyl (C=O) groups is 2. The number of nitrogens with zero attached hydrogens (tertiary/aromatic N) is 3. The summed E-state index contributed by atoms with van der Waals surface area (Å²) in [5.41, 5.74) is 4.57. The number of nitrogens with two attached hydrogens (primary N) is 1. The predicted octanol–water partition coefficient (Wildman–Crippen LogP) is -0.275. The second-order valence-electron chi connectivity index (χ2n) is 4.34. The third kappa shape index (κ3) is 6.97. The molecule has 0 aromatic carbocycles. The maximum Gasteiger partial charge on any atom is 0.320 e. The molecule has 0 aromatic heterocycles. The van der Waals surface area contributed by atoms with Crippen LogP contribution in [0, 0.1) is 0 Å². The normalized spacial score (nSPS) is 15.5. The summed E-state index contributed by atoms with van der Waals surface area (Å²) in [6, 6.07) is 0.197. The second-order valence-corrected chi connectivity index (χ2v) is 4.34. The van der Waals surface area contributed by atoms with E-state index in [-0.39, 0.29) is 12.6 Å². The van der Waals surface area contributed by atoms with Crippen LogP contribution in [0.25, 0.3) is 0 Å². The largest absolute Gasteiger partial charge is 0.480 e. The highest BCUT2D eigenvalue weighted by Crippen LogP contribution is 2.03. The molecule has 0 bridgehead atoms. The van der Waals surface area contributed by atoms with Crippen LogP contribution in [0.2, 0.25) is 0 Å². The summed E-state index contributed by atoms with van der Waals surface area (Å²) in [5, 5.41) is 7.60. The molecule has 0 radical (unpaired) electrons. The number of hydrogen-bond donors (Lipinski definition) is 2. The van der Waals surface area contributed by atoms with Crippen molar-refractivity contribution in [3.05, 3.63) is 0 Å². The molecule has 0 saturated carbocycles. The Morgan fingerprint density at radius 2 is 1.58 bits per heavy atom. The number of carboxylic acids is 1. The van der Waals surface area contributed by atoms with Gasteiger partial charge in [-0.25, -0.2) is 4.79 Å². The molecule has 3 N–H and O–H groups in total. The van der Waals surface area contributed by atoms with E-state index in [4.69, 9.17) is 5.11 Å². The van der Waals surface area contributed by atoms with Crippen LogP contribution in [0.4, 0.5) is 4.79 Å². The molecule has 0 aromatic rings. The van der Waals surface area contributed by atoms with E-state index in [2.05, 4.69) is 17.7 Å². The molecule has 1 aliphatic rings. The lowest BCUT2D eigenvalue weighted by molar-refractivity contribution is -0.135. The fourth-order valence-corrected chi connectivity index (χ4v) is 1.69. The van der Waals surface area contributed by atoms with E-state index < -0.39 is 5.97 Å². The van der Waals surface area contributed by atoms with Gasteiger partial charge in [-0.05, 0) is 20.9 Å². The van der Waals surface area contributed by atoms with Gasteiger partial charge in [0.05, 0.1) is 6.54 Å². The lowest BCUT2D eigenvalue weighted by Gasteiger charge is -2.35. The molecule has 1 fully saturated rings. The van der Waals surface area contributed by atoms with Gasteiger partial charge in [0, 0.05) is 39.3 Å². The zero-order valence-corrected chi connectivity index (χ0v) is 12.1. The van der Waals surface area contributed by atoms with Gasteiger partial charge in [0.2, 0.25) is 0 Å². The smallest absolute Gasteiger partial charge is 0.320 e. The fraction of sp³-hybridized carbons (Fsp3) is 0.833. The molecule has 112 valence electrons. The van der Waals surface area contributed by atoms with Crippen molar-refractivity contribution < 1.29 is 14.7 Å². The Labute approximate surface area is 114 Å². The average Bonchev–Trinajstić information content (AvgIpc) is 2.41. The van der Waals surface area contributed by atoms with Crippen LogP contribution in [-0.4, -0.2) is 84.7 Å². The maximum atomic E-state index is 11.9. The van der Waals surface area contributed by atoms with Crippen molar-refractivity contribution in [1.29, 1.82) is 0 Å². The minimum absolute atomic E-state index is 0.197. The standard InChI is InChI=1S/C10H21N3O.C2H5NO2/c1-4-12(5-2)10(14)13-8-6-11(3)7-9-13;3-1-2(4)5/h4-9H2,1-3H3;1,3H2,(H,4,5). The Morgan fingerprint density at radius 3 is 1.89 bits per heavy atom. The van der Waals surface area contributed by atoms with Crippen LogP contribution in [0.5, 0.6) is 0 Å². The average molecular weight is 274 g/mol. The van der Waals surface area contributed by atoms with E-state index in [1.54, 1.807) is 0 Å². The first kappa shape index (κ1) is 17.7. The van der Waals surface area contributed by atoms with Gasteiger partial charge in [-0.15, -0.1) is 0 Å². The Hall–Kier alpha value is -1.34. The second kappa shape index (κ2) is 9.57. The summed E-state index contributed by atoms with van der Waals surface area (Å²) >= 11 is 0. The predicted molar refractivity (Wildman–Crippen MR) is 74.1 cm³/mol. The number of urea groups is 1. The van der Waals surface area contributed by atoms with E-state index in [9.17, 15) is 9.59 Å². The first-order valence-corrected chi connectivity index (χ1v) is 6.60. The third-order valence-electron chi connectivity index (χ3n) is 2.98. The van der Waals surface area contributed by atoms with Crippen molar-refractivity contribution in [2.24, 2.45) is 5.73 Å². The van der Waals surface area contributed by atoms with Gasteiger partial charge in [0.25, 0.3) is 0 Å². The summed E-state index contributed by atoms with van der Waals surface area (Å²) in [4.78, 5) is 27.2. The van der Waals surface area contributed by atoms with E-state index in [1.807, 2.05) is 23.6 Å². The van der Waals surface area contributed by atoms with Crippen molar-refractivity contribution >= 4 is 12.0 Å². The lowest BCUT2D eigenvalue weighted by Crippen LogP contribution is -2.51. The molecular weight excluding hydrogens is 248 g/mol. The molecule has 1 rings (SSSR count). The fourth-order valence-electron chi connectivity index (χ4n) is 1.69. The number of carbonyl (C=O) groups excluding carboxylic acids is 1. The molecule has 7 nitrogen and oxygen atoms in total.